The molecule has 0 radical (unpaired) electrons. The number of aromatic nitrogens is 2. The quantitative estimate of drug-likeness (QED) is 0.372. The molecule has 3 aromatic rings. The van der Waals surface area contributed by atoms with Gasteiger partial charge in [-0.05, 0) is 41.8 Å². The summed E-state index contributed by atoms with van der Waals surface area (Å²) in [6.07, 6.45) is 2.47. The van der Waals surface area contributed by atoms with E-state index in [0.717, 1.165) is 79.7 Å². The lowest BCUT2D eigenvalue weighted by Gasteiger charge is -2.37. The first-order valence-corrected chi connectivity index (χ1v) is 12.6. The molecule has 0 spiro atoms. The van der Waals surface area contributed by atoms with Crippen LogP contribution in [-0.4, -0.2) is 84.8 Å². The summed E-state index contributed by atoms with van der Waals surface area (Å²) in [6, 6.07) is 9.75. The van der Waals surface area contributed by atoms with Crippen LogP contribution in [0.1, 0.15) is 29.6 Å². The van der Waals surface area contributed by atoms with Crippen LogP contribution in [0.5, 0.6) is 5.75 Å². The molecular weight excluding hydrogens is 460 g/mol. The van der Waals surface area contributed by atoms with Gasteiger partial charge in [0.1, 0.15) is 11.9 Å². The number of nitrogens with one attached hydrogen (secondary N) is 1. The number of primary amides is 1. The van der Waals surface area contributed by atoms with Crippen LogP contribution < -0.4 is 21.1 Å². The van der Waals surface area contributed by atoms with Gasteiger partial charge in [-0.2, -0.15) is 5.10 Å². The van der Waals surface area contributed by atoms with Crippen LogP contribution in [0.3, 0.4) is 0 Å². The summed E-state index contributed by atoms with van der Waals surface area (Å²) in [5.41, 5.74) is 15.9. The molecule has 10 nitrogen and oxygen atoms in total. The number of hydrogen-bond donors (Lipinski definition) is 4. The number of aliphatic hydroxyl groups is 1. The Balaban J connectivity index is 1.47. The van der Waals surface area contributed by atoms with Gasteiger partial charge in [0.25, 0.3) is 5.91 Å². The molecule has 192 valence electrons. The molecule has 6 N–H and O–H groups in total. The van der Waals surface area contributed by atoms with E-state index in [1.165, 1.54) is 0 Å². The normalized spacial score (nSPS) is 17.5. The van der Waals surface area contributed by atoms with Crippen LogP contribution >= 0.6 is 0 Å². The predicted molar refractivity (Wildman–Crippen MR) is 139 cm³/mol. The van der Waals surface area contributed by atoms with E-state index in [1.807, 2.05) is 24.3 Å². The van der Waals surface area contributed by atoms with Crippen molar-refractivity contribution in [2.45, 2.75) is 25.4 Å². The zero-order valence-electron chi connectivity index (χ0n) is 20.4. The summed E-state index contributed by atoms with van der Waals surface area (Å²) in [4.78, 5) is 16.8. The standard InChI is InChI=1S/C26H34N6O4/c27-25-24-21(29-30-25)14-18(16-23(24)36-19-4-12-35-13-5-19)17-2-3-20(26(28)34)22(15-17)32-9-7-31(8-10-32)6-1-11-33/h2-3,14-16,19,33H,1,4-13H2,(H2,28,34)(H3,27,29,30). The number of nitrogens with zero attached hydrogens (tertiary/aromatic N) is 3. The molecule has 1 amide bonds. The first kappa shape index (κ1) is 24.4. The number of nitrogens with two attached hydrogens (primary N) is 2. The number of aromatic amines is 1. The van der Waals surface area contributed by atoms with E-state index in [2.05, 4.69) is 20.0 Å². The van der Waals surface area contributed by atoms with Crippen LogP contribution in [0.15, 0.2) is 30.3 Å². The van der Waals surface area contributed by atoms with Crippen molar-refractivity contribution in [3.63, 3.8) is 0 Å². The number of ether oxygens (including phenoxy) is 2. The third kappa shape index (κ3) is 5.11. The Morgan fingerprint density at radius 2 is 1.92 bits per heavy atom. The third-order valence-corrected chi connectivity index (χ3v) is 7.06. The van der Waals surface area contributed by atoms with E-state index >= 15 is 0 Å². The molecule has 2 aliphatic rings. The fourth-order valence-electron chi connectivity index (χ4n) is 5.07. The molecule has 2 aliphatic heterocycles. The van der Waals surface area contributed by atoms with Gasteiger partial charge in [-0.15, -0.1) is 0 Å². The highest BCUT2D eigenvalue weighted by molar-refractivity contribution is 6.01. The van der Waals surface area contributed by atoms with Crippen LogP contribution in [0, 0.1) is 0 Å². The lowest BCUT2D eigenvalue weighted by atomic mass is 9.99. The van der Waals surface area contributed by atoms with Gasteiger partial charge in [0.05, 0.1) is 35.4 Å². The van der Waals surface area contributed by atoms with E-state index in [-0.39, 0.29) is 12.7 Å². The predicted octanol–water partition coefficient (Wildman–Crippen LogP) is 1.97. The molecule has 0 atom stereocenters. The Kier molecular flexibility index (Phi) is 7.26. The number of amides is 1. The summed E-state index contributed by atoms with van der Waals surface area (Å²) in [5.74, 6) is 0.653. The second-order valence-electron chi connectivity index (χ2n) is 9.44. The molecule has 2 saturated heterocycles. The molecular formula is C26H34N6O4. The number of fused-ring (bicyclic) bond motifs is 1. The Morgan fingerprint density at radius 1 is 1.14 bits per heavy atom. The zero-order chi connectivity index (χ0) is 25.1. The number of rotatable bonds is 8. The highest BCUT2D eigenvalue weighted by atomic mass is 16.5. The summed E-state index contributed by atoms with van der Waals surface area (Å²) in [7, 11) is 0. The molecule has 0 unspecified atom stereocenters. The molecule has 2 aromatic carbocycles. The number of hydrogen-bond acceptors (Lipinski definition) is 8. The van der Waals surface area contributed by atoms with E-state index in [1.54, 1.807) is 6.07 Å². The van der Waals surface area contributed by atoms with Crippen molar-refractivity contribution in [1.82, 2.24) is 15.1 Å². The maximum atomic E-state index is 12.3. The Bertz CT molecular complexity index is 1210. The third-order valence-electron chi connectivity index (χ3n) is 7.06. The summed E-state index contributed by atoms with van der Waals surface area (Å²) >= 11 is 0. The maximum absolute atomic E-state index is 12.3. The molecule has 2 fully saturated rings. The van der Waals surface area contributed by atoms with Crippen LogP contribution in [0.4, 0.5) is 11.5 Å². The Labute approximate surface area is 210 Å². The number of carbonyl (C=O) groups is 1. The number of aliphatic hydroxyl groups excluding tert-OH is 1. The number of nitrogen functional groups attached to an aromatic ring is 1. The zero-order valence-corrected chi connectivity index (χ0v) is 20.4. The number of H-pyrrole nitrogens is 1. The van der Waals surface area contributed by atoms with Crippen molar-refractivity contribution in [3.05, 3.63) is 35.9 Å². The van der Waals surface area contributed by atoms with Crippen molar-refractivity contribution in [2.75, 3.05) is 63.2 Å². The molecule has 3 heterocycles. The number of piperazine rings is 1. The van der Waals surface area contributed by atoms with Gasteiger partial charge in [-0.1, -0.05) is 6.07 Å². The highest BCUT2D eigenvalue weighted by Crippen LogP contribution is 2.37. The SMILES string of the molecule is NC(=O)c1ccc(-c2cc(OC3CCOCC3)c3c(N)n[nH]c3c2)cc1N1CCN(CCCO)CC1. The lowest BCUT2D eigenvalue weighted by molar-refractivity contribution is 0.0262. The molecule has 10 heteroatoms. The summed E-state index contributed by atoms with van der Waals surface area (Å²) in [6.45, 7) is 5.72. The van der Waals surface area contributed by atoms with Crippen LogP contribution in [0.25, 0.3) is 22.0 Å². The molecule has 36 heavy (non-hydrogen) atoms. The van der Waals surface area contributed by atoms with Gasteiger partial charge in [0, 0.05) is 52.2 Å². The van der Waals surface area contributed by atoms with Crippen molar-refractivity contribution >= 4 is 28.3 Å². The van der Waals surface area contributed by atoms with E-state index in [9.17, 15) is 4.79 Å². The van der Waals surface area contributed by atoms with Gasteiger partial charge < -0.3 is 30.9 Å². The maximum Gasteiger partial charge on any atom is 0.250 e. The minimum atomic E-state index is -0.445. The fraction of sp³-hybridized carbons (Fsp3) is 0.462. The number of carbonyl (C=O) groups excluding carboxylic acids is 1. The van der Waals surface area contributed by atoms with Gasteiger partial charge in [-0.3, -0.25) is 14.8 Å². The van der Waals surface area contributed by atoms with E-state index < -0.39 is 5.91 Å². The van der Waals surface area contributed by atoms with E-state index in [0.29, 0.717) is 30.3 Å². The Morgan fingerprint density at radius 3 is 2.64 bits per heavy atom. The van der Waals surface area contributed by atoms with Crippen LogP contribution in [0.2, 0.25) is 0 Å². The average Bonchev–Trinajstić information content (AvgIpc) is 3.28. The smallest absolute Gasteiger partial charge is 0.250 e. The number of benzene rings is 2. The Hall–Kier alpha value is -3.34. The second-order valence-corrected chi connectivity index (χ2v) is 9.44. The van der Waals surface area contributed by atoms with Gasteiger partial charge in [0.2, 0.25) is 0 Å². The minimum Gasteiger partial charge on any atom is -0.489 e. The second kappa shape index (κ2) is 10.7. The first-order chi connectivity index (χ1) is 17.5. The molecule has 0 bridgehead atoms. The summed E-state index contributed by atoms with van der Waals surface area (Å²) in [5, 5.41) is 17.1. The lowest BCUT2D eigenvalue weighted by Crippen LogP contribution is -2.47. The van der Waals surface area contributed by atoms with Gasteiger partial charge in [-0.25, -0.2) is 0 Å². The molecule has 5 rings (SSSR count). The molecule has 0 saturated carbocycles. The van der Waals surface area contributed by atoms with E-state index in [4.69, 9.17) is 26.0 Å². The van der Waals surface area contributed by atoms with Crippen molar-refractivity contribution in [3.8, 4) is 16.9 Å². The monoisotopic (exact) mass is 494 g/mol. The van der Waals surface area contributed by atoms with Gasteiger partial charge in [0.15, 0.2) is 5.82 Å². The summed E-state index contributed by atoms with van der Waals surface area (Å²) < 4.78 is 11.9. The molecule has 0 aliphatic carbocycles. The van der Waals surface area contributed by atoms with Gasteiger partial charge >= 0.3 is 0 Å². The number of anilines is 2. The van der Waals surface area contributed by atoms with Crippen molar-refractivity contribution in [1.29, 1.82) is 0 Å². The first-order valence-electron chi connectivity index (χ1n) is 12.6. The highest BCUT2D eigenvalue weighted by Gasteiger charge is 2.23. The van der Waals surface area contributed by atoms with Crippen molar-refractivity contribution < 1.29 is 19.4 Å². The van der Waals surface area contributed by atoms with Crippen LogP contribution in [-0.2, 0) is 4.74 Å². The molecule has 1 aromatic heterocycles. The largest absolute Gasteiger partial charge is 0.489 e. The fourth-order valence-corrected chi connectivity index (χ4v) is 5.07. The van der Waals surface area contributed by atoms with Crippen molar-refractivity contribution in [2.24, 2.45) is 5.73 Å². The topological polar surface area (TPSA) is 143 Å². The average molecular weight is 495 g/mol. The minimum absolute atomic E-state index is 0.0569.